The van der Waals surface area contributed by atoms with Gasteiger partial charge in [-0.1, -0.05) is 0 Å². The van der Waals surface area contributed by atoms with Crippen LogP contribution in [-0.2, 0) is 6.54 Å². The van der Waals surface area contributed by atoms with E-state index in [4.69, 9.17) is 5.73 Å². The van der Waals surface area contributed by atoms with Crippen molar-refractivity contribution in [2.75, 3.05) is 11.9 Å². The van der Waals surface area contributed by atoms with Crippen LogP contribution in [0.4, 0.5) is 5.69 Å². The first-order chi connectivity index (χ1) is 10.2. The van der Waals surface area contributed by atoms with Crippen molar-refractivity contribution in [1.29, 1.82) is 0 Å². The number of nitrogens with zero attached hydrogens (tertiary/aromatic N) is 2. The van der Waals surface area contributed by atoms with E-state index in [1.165, 1.54) is 0 Å². The number of hydrogen-bond donors (Lipinski definition) is 4. The second-order valence-corrected chi connectivity index (χ2v) is 4.58. The summed E-state index contributed by atoms with van der Waals surface area (Å²) in [6.07, 6.45) is 3.20. The van der Waals surface area contributed by atoms with Gasteiger partial charge in [0, 0.05) is 25.0 Å². The molecular weight excluding hydrogens is 272 g/mol. The van der Waals surface area contributed by atoms with Gasteiger partial charge >= 0.3 is 5.69 Å². The number of rotatable bonds is 4. The molecule has 3 rings (SSSR count). The zero-order valence-corrected chi connectivity index (χ0v) is 11.1. The number of aromatic amines is 2. The molecule has 0 fully saturated rings. The highest BCUT2D eigenvalue weighted by Gasteiger charge is 2.10. The van der Waals surface area contributed by atoms with Crippen molar-refractivity contribution in [3.05, 3.63) is 46.9 Å². The monoisotopic (exact) mass is 286 g/mol. The van der Waals surface area contributed by atoms with Crippen LogP contribution in [-0.4, -0.2) is 32.0 Å². The standard InChI is InChI=1S/C13H14N6O2/c14-3-4-19-6-11(15-7-19)12(20)16-8-1-2-9-10(5-8)18-13(21)17-9/h1-2,5-7H,3-4,14H2,(H,16,20)(H2,17,18,21). The molecule has 21 heavy (non-hydrogen) atoms. The van der Waals surface area contributed by atoms with E-state index in [1.807, 2.05) is 0 Å². The Balaban J connectivity index is 1.79. The van der Waals surface area contributed by atoms with Crippen molar-refractivity contribution in [2.45, 2.75) is 6.54 Å². The summed E-state index contributed by atoms with van der Waals surface area (Å²) in [5.41, 5.74) is 7.37. The van der Waals surface area contributed by atoms with Crippen LogP contribution >= 0.6 is 0 Å². The number of carbonyl (C=O) groups excluding carboxylic acids is 1. The molecule has 8 nitrogen and oxygen atoms in total. The summed E-state index contributed by atoms with van der Waals surface area (Å²) in [7, 11) is 0. The number of benzene rings is 1. The summed E-state index contributed by atoms with van der Waals surface area (Å²) in [6, 6.07) is 5.11. The minimum atomic E-state index is -0.317. The van der Waals surface area contributed by atoms with Crippen LogP contribution in [0.25, 0.3) is 11.0 Å². The van der Waals surface area contributed by atoms with Gasteiger partial charge in [-0.3, -0.25) is 4.79 Å². The molecule has 3 aromatic rings. The molecule has 2 aromatic heterocycles. The summed E-state index contributed by atoms with van der Waals surface area (Å²) in [5.74, 6) is -0.317. The van der Waals surface area contributed by atoms with E-state index in [1.54, 1.807) is 35.3 Å². The molecule has 0 unspecified atom stereocenters. The lowest BCUT2D eigenvalue weighted by Gasteiger charge is -2.03. The highest BCUT2D eigenvalue weighted by atomic mass is 16.2. The van der Waals surface area contributed by atoms with E-state index in [0.717, 1.165) is 0 Å². The van der Waals surface area contributed by atoms with Gasteiger partial charge in [0.25, 0.3) is 5.91 Å². The van der Waals surface area contributed by atoms with Crippen LogP contribution < -0.4 is 16.7 Å². The number of fused-ring (bicyclic) bond motifs is 1. The molecule has 0 aliphatic heterocycles. The van der Waals surface area contributed by atoms with Gasteiger partial charge in [-0.2, -0.15) is 0 Å². The van der Waals surface area contributed by atoms with E-state index >= 15 is 0 Å². The first kappa shape index (κ1) is 13.1. The Kier molecular flexibility index (Phi) is 3.28. The van der Waals surface area contributed by atoms with Crippen molar-refractivity contribution >= 4 is 22.6 Å². The minimum Gasteiger partial charge on any atom is -0.335 e. The van der Waals surface area contributed by atoms with Crippen LogP contribution in [0.2, 0.25) is 0 Å². The van der Waals surface area contributed by atoms with E-state index < -0.39 is 0 Å². The fourth-order valence-corrected chi connectivity index (χ4v) is 2.05. The molecule has 0 aliphatic carbocycles. The Labute approximate surface area is 119 Å². The number of nitrogens with one attached hydrogen (secondary N) is 3. The molecule has 1 aromatic carbocycles. The van der Waals surface area contributed by atoms with Crippen molar-refractivity contribution in [3.8, 4) is 0 Å². The van der Waals surface area contributed by atoms with E-state index in [2.05, 4.69) is 20.3 Å². The molecule has 108 valence electrons. The van der Waals surface area contributed by atoms with Crippen molar-refractivity contribution in [1.82, 2.24) is 19.5 Å². The highest BCUT2D eigenvalue weighted by molar-refractivity contribution is 6.03. The molecule has 0 radical (unpaired) electrons. The lowest BCUT2D eigenvalue weighted by atomic mass is 10.2. The molecule has 0 atom stereocenters. The normalized spacial score (nSPS) is 10.9. The second kappa shape index (κ2) is 5.25. The van der Waals surface area contributed by atoms with Crippen molar-refractivity contribution < 1.29 is 4.79 Å². The highest BCUT2D eigenvalue weighted by Crippen LogP contribution is 2.15. The van der Waals surface area contributed by atoms with Crippen LogP contribution in [0.3, 0.4) is 0 Å². The van der Waals surface area contributed by atoms with Crippen LogP contribution in [0.1, 0.15) is 10.5 Å². The van der Waals surface area contributed by atoms with Crippen molar-refractivity contribution in [3.63, 3.8) is 0 Å². The van der Waals surface area contributed by atoms with Crippen LogP contribution in [0, 0.1) is 0 Å². The Bertz CT molecular complexity index is 844. The third-order valence-corrected chi connectivity index (χ3v) is 3.03. The maximum Gasteiger partial charge on any atom is 0.323 e. The zero-order valence-electron chi connectivity index (χ0n) is 11.1. The Morgan fingerprint density at radius 3 is 2.95 bits per heavy atom. The number of carbonyl (C=O) groups is 1. The molecule has 0 saturated heterocycles. The smallest absolute Gasteiger partial charge is 0.323 e. The Morgan fingerprint density at radius 1 is 1.33 bits per heavy atom. The van der Waals surface area contributed by atoms with Crippen LogP contribution in [0.5, 0.6) is 0 Å². The molecule has 8 heteroatoms. The predicted molar refractivity (Wildman–Crippen MR) is 78.2 cm³/mol. The molecule has 0 saturated carbocycles. The van der Waals surface area contributed by atoms with Gasteiger partial charge in [0.2, 0.25) is 0 Å². The molecule has 0 bridgehead atoms. The lowest BCUT2D eigenvalue weighted by molar-refractivity contribution is 0.102. The lowest BCUT2D eigenvalue weighted by Crippen LogP contribution is -2.12. The molecule has 2 heterocycles. The topological polar surface area (TPSA) is 122 Å². The van der Waals surface area contributed by atoms with Gasteiger partial charge in [-0.25, -0.2) is 9.78 Å². The average Bonchev–Trinajstić information content (AvgIpc) is 3.04. The molecular formula is C13H14N6O2. The fraction of sp³-hybridized carbons (Fsp3) is 0.154. The number of aromatic nitrogens is 4. The van der Waals surface area contributed by atoms with Gasteiger partial charge in [0.05, 0.1) is 17.4 Å². The Morgan fingerprint density at radius 2 is 2.14 bits per heavy atom. The van der Waals surface area contributed by atoms with Gasteiger partial charge in [0.1, 0.15) is 5.69 Å². The third kappa shape index (κ3) is 2.70. The maximum absolute atomic E-state index is 12.1. The fourth-order valence-electron chi connectivity index (χ4n) is 2.05. The number of H-pyrrole nitrogens is 2. The average molecular weight is 286 g/mol. The molecule has 0 aliphatic rings. The minimum absolute atomic E-state index is 0.283. The number of amides is 1. The largest absolute Gasteiger partial charge is 0.335 e. The summed E-state index contributed by atoms with van der Waals surface area (Å²) >= 11 is 0. The summed E-state index contributed by atoms with van der Waals surface area (Å²) in [4.78, 5) is 32.6. The van der Waals surface area contributed by atoms with Gasteiger partial charge in [-0.05, 0) is 18.2 Å². The first-order valence-electron chi connectivity index (χ1n) is 6.41. The first-order valence-corrected chi connectivity index (χ1v) is 6.41. The molecule has 5 N–H and O–H groups in total. The van der Waals surface area contributed by atoms with E-state index in [-0.39, 0.29) is 11.6 Å². The predicted octanol–water partition coefficient (Wildman–Crippen LogP) is 0.264. The zero-order chi connectivity index (χ0) is 14.8. The van der Waals surface area contributed by atoms with Gasteiger partial charge in [0.15, 0.2) is 0 Å². The maximum atomic E-state index is 12.1. The summed E-state index contributed by atoms with van der Waals surface area (Å²) in [6.45, 7) is 1.09. The quantitative estimate of drug-likeness (QED) is 0.549. The second-order valence-electron chi connectivity index (χ2n) is 4.58. The van der Waals surface area contributed by atoms with Crippen LogP contribution in [0.15, 0.2) is 35.5 Å². The Hall–Kier alpha value is -2.87. The van der Waals surface area contributed by atoms with Gasteiger partial charge in [-0.15, -0.1) is 0 Å². The van der Waals surface area contributed by atoms with E-state index in [9.17, 15) is 9.59 Å². The molecule has 0 spiro atoms. The number of imidazole rings is 2. The van der Waals surface area contributed by atoms with Crippen molar-refractivity contribution in [2.24, 2.45) is 5.73 Å². The number of nitrogens with two attached hydrogens (primary N) is 1. The number of hydrogen-bond acceptors (Lipinski definition) is 4. The van der Waals surface area contributed by atoms with Gasteiger partial charge < -0.3 is 25.6 Å². The number of anilines is 1. The SMILES string of the molecule is NCCn1cnc(C(=O)Nc2ccc3[nH]c(=O)[nH]c3c2)c1. The third-order valence-electron chi connectivity index (χ3n) is 3.03. The van der Waals surface area contributed by atoms with E-state index in [0.29, 0.717) is 35.5 Å². The molecule has 1 amide bonds. The summed E-state index contributed by atoms with van der Waals surface area (Å²) < 4.78 is 1.75. The summed E-state index contributed by atoms with van der Waals surface area (Å²) in [5, 5.41) is 2.73.